The predicted molar refractivity (Wildman–Crippen MR) is 78.0 cm³/mol. The normalized spacial score (nSPS) is 11.8. The van der Waals surface area contributed by atoms with E-state index in [1.807, 2.05) is 6.92 Å². The molecule has 0 bridgehead atoms. The van der Waals surface area contributed by atoms with Crippen LogP contribution in [-0.4, -0.2) is 31.3 Å². The Balaban J connectivity index is 2.46. The summed E-state index contributed by atoms with van der Waals surface area (Å²) in [4.78, 5) is 12.4. The molecule has 0 radical (unpaired) electrons. The summed E-state index contributed by atoms with van der Waals surface area (Å²) in [5.41, 5.74) is 1.25. The quantitative estimate of drug-likeness (QED) is 0.771. The fourth-order valence-corrected chi connectivity index (χ4v) is 2.68. The number of aromatic carboxylic acids is 1. The van der Waals surface area contributed by atoms with Gasteiger partial charge in [0.1, 0.15) is 4.88 Å². The summed E-state index contributed by atoms with van der Waals surface area (Å²) >= 11 is 1.33. The van der Waals surface area contributed by atoms with Crippen molar-refractivity contribution in [3.63, 3.8) is 0 Å². The number of aryl methyl sites for hydroxylation is 1. The van der Waals surface area contributed by atoms with E-state index < -0.39 is 5.97 Å². The predicted octanol–water partition coefficient (Wildman–Crippen LogP) is 2.91. The second kappa shape index (κ2) is 7.03. The molecule has 2 N–H and O–H groups in total. The van der Waals surface area contributed by atoms with E-state index in [0.717, 1.165) is 30.0 Å². The second-order valence-electron chi connectivity index (χ2n) is 5.51. The van der Waals surface area contributed by atoms with E-state index in [-0.39, 0.29) is 5.41 Å². The zero-order valence-electron chi connectivity index (χ0n) is 12.1. The molecule has 0 fully saturated rings. The molecule has 0 aliphatic rings. The minimum absolute atomic E-state index is 0.176. The molecule has 0 amide bonds. The number of rotatable bonds is 8. The van der Waals surface area contributed by atoms with E-state index in [1.54, 1.807) is 13.2 Å². The molecule has 108 valence electrons. The van der Waals surface area contributed by atoms with E-state index in [9.17, 15) is 4.79 Å². The highest BCUT2D eigenvalue weighted by atomic mass is 32.1. The summed E-state index contributed by atoms with van der Waals surface area (Å²) < 4.78 is 5.10. The number of nitrogens with one attached hydrogen (secondary N) is 1. The summed E-state index contributed by atoms with van der Waals surface area (Å²) in [6.45, 7) is 8.71. The Morgan fingerprint density at radius 3 is 2.74 bits per heavy atom. The van der Waals surface area contributed by atoms with Gasteiger partial charge in [0.15, 0.2) is 0 Å². The lowest BCUT2D eigenvalue weighted by Gasteiger charge is -2.24. The molecule has 0 aromatic carbocycles. The number of carbonyl (C=O) groups is 1. The molecule has 0 saturated carbocycles. The van der Waals surface area contributed by atoms with Crippen LogP contribution in [0.5, 0.6) is 0 Å². The number of carboxylic acids is 1. The third-order valence-electron chi connectivity index (χ3n) is 3.13. The maximum atomic E-state index is 10.9. The van der Waals surface area contributed by atoms with Crippen LogP contribution in [0, 0.1) is 12.3 Å². The molecule has 0 atom stereocenters. The molecule has 0 aliphatic carbocycles. The van der Waals surface area contributed by atoms with E-state index in [0.29, 0.717) is 11.4 Å². The van der Waals surface area contributed by atoms with E-state index in [1.165, 1.54) is 11.3 Å². The van der Waals surface area contributed by atoms with Crippen LogP contribution in [0.3, 0.4) is 0 Å². The Labute approximate surface area is 118 Å². The maximum Gasteiger partial charge on any atom is 0.345 e. The molecule has 0 saturated heterocycles. The highest BCUT2D eigenvalue weighted by Crippen LogP contribution is 2.23. The SMILES string of the molecule is COCCC(C)(C)CNCc1cc(C(=O)O)sc1C. The van der Waals surface area contributed by atoms with Gasteiger partial charge in [-0.1, -0.05) is 13.8 Å². The summed E-state index contributed by atoms with van der Waals surface area (Å²) in [7, 11) is 1.71. The first-order valence-electron chi connectivity index (χ1n) is 6.38. The molecule has 1 aromatic heterocycles. The van der Waals surface area contributed by atoms with Gasteiger partial charge in [0, 0.05) is 31.7 Å². The van der Waals surface area contributed by atoms with Crippen LogP contribution in [0.25, 0.3) is 0 Å². The van der Waals surface area contributed by atoms with Crippen molar-refractivity contribution in [3.05, 3.63) is 21.4 Å². The third-order valence-corrected chi connectivity index (χ3v) is 4.21. The first-order chi connectivity index (χ1) is 8.85. The molecule has 19 heavy (non-hydrogen) atoms. The first kappa shape index (κ1) is 16.1. The fourth-order valence-electron chi connectivity index (χ4n) is 1.80. The van der Waals surface area contributed by atoms with Gasteiger partial charge in [-0.15, -0.1) is 11.3 Å². The molecule has 0 unspecified atom stereocenters. The summed E-state index contributed by atoms with van der Waals surface area (Å²) in [6, 6.07) is 1.76. The van der Waals surface area contributed by atoms with Crippen molar-refractivity contribution in [1.29, 1.82) is 0 Å². The summed E-state index contributed by atoms with van der Waals surface area (Å²) in [6.07, 6.45) is 0.999. The number of hydrogen-bond acceptors (Lipinski definition) is 4. The number of methoxy groups -OCH3 is 1. The minimum Gasteiger partial charge on any atom is -0.477 e. The Bertz CT molecular complexity index is 426. The van der Waals surface area contributed by atoms with Gasteiger partial charge in [0.2, 0.25) is 0 Å². The van der Waals surface area contributed by atoms with E-state index in [2.05, 4.69) is 19.2 Å². The van der Waals surface area contributed by atoms with Crippen LogP contribution < -0.4 is 5.32 Å². The molecule has 1 rings (SSSR count). The largest absolute Gasteiger partial charge is 0.477 e. The van der Waals surface area contributed by atoms with Crippen molar-refractivity contribution in [2.45, 2.75) is 33.7 Å². The lowest BCUT2D eigenvalue weighted by Crippen LogP contribution is -2.30. The lowest BCUT2D eigenvalue weighted by molar-refractivity contribution is 0.0702. The van der Waals surface area contributed by atoms with Gasteiger partial charge in [-0.05, 0) is 30.4 Å². The molecule has 1 heterocycles. The fraction of sp³-hybridized carbons (Fsp3) is 0.643. The minimum atomic E-state index is -0.847. The highest BCUT2D eigenvalue weighted by Gasteiger charge is 2.17. The number of hydrogen-bond donors (Lipinski definition) is 2. The van der Waals surface area contributed by atoms with Gasteiger partial charge in [-0.3, -0.25) is 0 Å². The number of ether oxygens (including phenoxy) is 1. The standard InChI is InChI=1S/C14H23NO3S/c1-10-11(7-12(19-10)13(16)17)8-15-9-14(2,3)5-6-18-4/h7,15H,5-6,8-9H2,1-4H3,(H,16,17). The monoisotopic (exact) mass is 285 g/mol. The van der Waals surface area contributed by atoms with Crippen LogP contribution in [0.15, 0.2) is 6.07 Å². The van der Waals surface area contributed by atoms with Gasteiger partial charge >= 0.3 is 5.97 Å². The first-order valence-corrected chi connectivity index (χ1v) is 7.19. The van der Waals surface area contributed by atoms with Gasteiger partial charge in [0.25, 0.3) is 0 Å². The zero-order valence-corrected chi connectivity index (χ0v) is 12.9. The molecule has 0 spiro atoms. The van der Waals surface area contributed by atoms with Crippen LogP contribution in [-0.2, 0) is 11.3 Å². The smallest absolute Gasteiger partial charge is 0.345 e. The van der Waals surface area contributed by atoms with Crippen LogP contribution in [0.2, 0.25) is 0 Å². The van der Waals surface area contributed by atoms with Crippen molar-refractivity contribution in [2.75, 3.05) is 20.3 Å². The van der Waals surface area contributed by atoms with Crippen LogP contribution >= 0.6 is 11.3 Å². The third kappa shape index (κ3) is 5.30. The molecule has 4 nitrogen and oxygen atoms in total. The maximum absolute atomic E-state index is 10.9. The Hall–Kier alpha value is -0.910. The molecule has 1 aromatic rings. The Morgan fingerprint density at radius 2 is 2.21 bits per heavy atom. The number of thiophene rings is 1. The summed E-state index contributed by atoms with van der Waals surface area (Å²) in [5, 5.41) is 12.4. The molecular weight excluding hydrogens is 262 g/mol. The van der Waals surface area contributed by atoms with Crippen LogP contribution in [0.4, 0.5) is 0 Å². The second-order valence-corrected chi connectivity index (χ2v) is 6.76. The van der Waals surface area contributed by atoms with Crippen molar-refractivity contribution in [2.24, 2.45) is 5.41 Å². The van der Waals surface area contributed by atoms with Gasteiger partial charge in [-0.25, -0.2) is 4.79 Å². The summed E-state index contributed by atoms with van der Waals surface area (Å²) in [5.74, 6) is -0.847. The lowest BCUT2D eigenvalue weighted by atomic mass is 9.89. The Morgan fingerprint density at radius 1 is 1.53 bits per heavy atom. The molecular formula is C14H23NO3S. The van der Waals surface area contributed by atoms with Crippen molar-refractivity contribution in [1.82, 2.24) is 5.32 Å². The van der Waals surface area contributed by atoms with Gasteiger partial charge in [-0.2, -0.15) is 0 Å². The van der Waals surface area contributed by atoms with Gasteiger partial charge in [0.05, 0.1) is 0 Å². The topological polar surface area (TPSA) is 58.6 Å². The highest BCUT2D eigenvalue weighted by molar-refractivity contribution is 7.14. The molecule has 0 aliphatic heterocycles. The van der Waals surface area contributed by atoms with Crippen molar-refractivity contribution < 1.29 is 14.6 Å². The zero-order chi connectivity index (χ0) is 14.5. The van der Waals surface area contributed by atoms with Crippen LogP contribution in [0.1, 0.15) is 40.4 Å². The average molecular weight is 285 g/mol. The van der Waals surface area contributed by atoms with Crippen molar-refractivity contribution >= 4 is 17.3 Å². The van der Waals surface area contributed by atoms with Gasteiger partial charge < -0.3 is 15.2 Å². The van der Waals surface area contributed by atoms with E-state index in [4.69, 9.17) is 9.84 Å². The number of carboxylic acid groups (broad SMARTS) is 1. The molecule has 5 heteroatoms. The van der Waals surface area contributed by atoms with Crippen molar-refractivity contribution in [3.8, 4) is 0 Å². The Kier molecular flexibility index (Phi) is 5.97. The van der Waals surface area contributed by atoms with E-state index >= 15 is 0 Å². The average Bonchev–Trinajstić information content (AvgIpc) is 2.69.